The molecule has 1 saturated heterocycles. The molecule has 0 bridgehead atoms. The van der Waals surface area contributed by atoms with Gasteiger partial charge in [0, 0.05) is 38.4 Å². The molecule has 0 aromatic heterocycles. The van der Waals surface area contributed by atoms with Crippen LogP contribution in [0.1, 0.15) is 12.0 Å². The van der Waals surface area contributed by atoms with E-state index in [9.17, 15) is 9.59 Å². The number of benzene rings is 2. The van der Waals surface area contributed by atoms with Gasteiger partial charge in [0.05, 0.1) is 12.6 Å². The molecule has 1 heterocycles. The van der Waals surface area contributed by atoms with Crippen molar-refractivity contribution in [3.63, 3.8) is 0 Å². The Hall–Kier alpha value is -3.06. The lowest BCUT2D eigenvalue weighted by Gasteiger charge is -2.17. The summed E-state index contributed by atoms with van der Waals surface area (Å²) in [6, 6.07) is 16.4. The van der Waals surface area contributed by atoms with Crippen LogP contribution in [0.5, 0.6) is 5.75 Å². The van der Waals surface area contributed by atoms with Crippen molar-refractivity contribution >= 4 is 17.6 Å². The third kappa shape index (κ3) is 5.72. The van der Waals surface area contributed by atoms with Gasteiger partial charge in [-0.05, 0) is 17.7 Å². The molecule has 7 nitrogen and oxygen atoms in total. The summed E-state index contributed by atoms with van der Waals surface area (Å²) in [5, 5.41) is 5.66. The SMILES string of the molecule is COCCOc1cccc(NC(=O)N[C@@H]2CC(=O)N(Cc3ccccc3)C2)c1. The summed E-state index contributed by atoms with van der Waals surface area (Å²) in [4.78, 5) is 26.3. The monoisotopic (exact) mass is 383 g/mol. The molecule has 148 valence electrons. The highest BCUT2D eigenvalue weighted by atomic mass is 16.5. The van der Waals surface area contributed by atoms with Crippen LogP contribution < -0.4 is 15.4 Å². The van der Waals surface area contributed by atoms with Crippen LogP contribution in [-0.4, -0.2) is 49.7 Å². The van der Waals surface area contributed by atoms with E-state index in [0.717, 1.165) is 5.56 Å². The van der Waals surface area contributed by atoms with Gasteiger partial charge < -0.3 is 25.0 Å². The molecule has 1 fully saturated rings. The molecule has 2 aromatic carbocycles. The zero-order valence-electron chi connectivity index (χ0n) is 15.9. The molecule has 28 heavy (non-hydrogen) atoms. The van der Waals surface area contributed by atoms with Crippen molar-refractivity contribution in [1.82, 2.24) is 10.2 Å². The maximum absolute atomic E-state index is 12.3. The standard InChI is InChI=1S/C21H25N3O4/c1-27-10-11-28-19-9-5-8-17(12-19)22-21(26)23-18-13-20(25)24(15-18)14-16-6-3-2-4-7-16/h2-9,12,18H,10-11,13-15H2,1H3,(H2,22,23,26)/t18-/m1/s1. The van der Waals surface area contributed by atoms with E-state index < -0.39 is 0 Å². The number of nitrogens with one attached hydrogen (secondary N) is 2. The number of ether oxygens (including phenoxy) is 2. The molecule has 2 N–H and O–H groups in total. The van der Waals surface area contributed by atoms with E-state index in [2.05, 4.69) is 10.6 Å². The van der Waals surface area contributed by atoms with Gasteiger partial charge in [0.15, 0.2) is 0 Å². The van der Waals surface area contributed by atoms with Crippen LogP contribution in [0, 0.1) is 0 Å². The Kier molecular flexibility index (Phi) is 6.86. The Morgan fingerprint density at radius 3 is 2.75 bits per heavy atom. The van der Waals surface area contributed by atoms with E-state index in [1.807, 2.05) is 36.4 Å². The van der Waals surface area contributed by atoms with Crippen LogP contribution in [-0.2, 0) is 16.1 Å². The van der Waals surface area contributed by atoms with Gasteiger partial charge in [0.1, 0.15) is 12.4 Å². The predicted molar refractivity (Wildman–Crippen MR) is 106 cm³/mol. The van der Waals surface area contributed by atoms with Gasteiger partial charge in [-0.25, -0.2) is 4.79 Å². The fourth-order valence-corrected chi connectivity index (χ4v) is 3.08. The van der Waals surface area contributed by atoms with Gasteiger partial charge >= 0.3 is 6.03 Å². The van der Waals surface area contributed by atoms with Crippen molar-refractivity contribution in [3.8, 4) is 5.75 Å². The maximum atomic E-state index is 12.3. The second kappa shape index (κ2) is 9.75. The highest BCUT2D eigenvalue weighted by Crippen LogP contribution is 2.18. The minimum Gasteiger partial charge on any atom is -0.491 e. The second-order valence-electron chi connectivity index (χ2n) is 6.63. The van der Waals surface area contributed by atoms with Gasteiger partial charge in [-0.1, -0.05) is 36.4 Å². The van der Waals surface area contributed by atoms with Crippen LogP contribution in [0.25, 0.3) is 0 Å². The summed E-state index contributed by atoms with van der Waals surface area (Å²) in [6.45, 7) is 1.99. The number of rotatable bonds is 8. The fraction of sp³-hybridized carbons (Fsp3) is 0.333. The smallest absolute Gasteiger partial charge is 0.319 e. The molecule has 3 rings (SSSR count). The van der Waals surface area contributed by atoms with Crippen molar-refractivity contribution in [3.05, 3.63) is 60.2 Å². The molecular formula is C21H25N3O4. The van der Waals surface area contributed by atoms with Crippen LogP contribution in [0.3, 0.4) is 0 Å². The molecule has 0 spiro atoms. The van der Waals surface area contributed by atoms with Crippen molar-refractivity contribution in [1.29, 1.82) is 0 Å². The molecule has 1 aliphatic heterocycles. The van der Waals surface area contributed by atoms with Gasteiger partial charge in [0.2, 0.25) is 5.91 Å². The molecule has 0 radical (unpaired) electrons. The third-order valence-electron chi connectivity index (χ3n) is 4.41. The first-order chi connectivity index (χ1) is 13.6. The van der Waals surface area contributed by atoms with E-state index >= 15 is 0 Å². The van der Waals surface area contributed by atoms with Gasteiger partial charge in [-0.3, -0.25) is 4.79 Å². The molecule has 2 aromatic rings. The van der Waals surface area contributed by atoms with Crippen LogP contribution in [0.4, 0.5) is 10.5 Å². The average Bonchev–Trinajstić information content (AvgIpc) is 3.01. The lowest BCUT2D eigenvalue weighted by Crippen LogP contribution is -2.39. The first kappa shape index (κ1) is 19.7. The molecule has 3 amide bonds. The summed E-state index contributed by atoms with van der Waals surface area (Å²) >= 11 is 0. The van der Waals surface area contributed by atoms with Crippen molar-refractivity contribution in [2.24, 2.45) is 0 Å². The highest BCUT2D eigenvalue weighted by Gasteiger charge is 2.30. The zero-order chi connectivity index (χ0) is 19.8. The van der Waals surface area contributed by atoms with E-state index in [1.165, 1.54) is 0 Å². The molecule has 0 unspecified atom stereocenters. The molecule has 0 aliphatic carbocycles. The summed E-state index contributed by atoms with van der Waals surface area (Å²) in [6.07, 6.45) is 0.306. The number of amides is 3. The Balaban J connectivity index is 1.48. The van der Waals surface area contributed by atoms with E-state index in [-0.39, 0.29) is 18.0 Å². The predicted octanol–water partition coefficient (Wildman–Crippen LogP) is 2.63. The van der Waals surface area contributed by atoms with Gasteiger partial charge in [0.25, 0.3) is 0 Å². The Morgan fingerprint density at radius 2 is 1.96 bits per heavy atom. The molecule has 7 heteroatoms. The number of urea groups is 1. The normalized spacial score (nSPS) is 16.1. The largest absolute Gasteiger partial charge is 0.491 e. The summed E-state index contributed by atoms with van der Waals surface area (Å²) in [5.41, 5.74) is 1.70. The van der Waals surface area contributed by atoms with Gasteiger partial charge in [-0.15, -0.1) is 0 Å². The highest BCUT2D eigenvalue weighted by molar-refractivity contribution is 5.90. The number of likely N-dealkylation sites (tertiary alicyclic amines) is 1. The van der Waals surface area contributed by atoms with Crippen LogP contribution in [0.2, 0.25) is 0 Å². The Bertz CT molecular complexity index is 797. The summed E-state index contributed by atoms with van der Waals surface area (Å²) < 4.78 is 10.5. The first-order valence-corrected chi connectivity index (χ1v) is 9.25. The van der Waals surface area contributed by atoms with E-state index in [0.29, 0.717) is 44.2 Å². The lowest BCUT2D eigenvalue weighted by atomic mass is 10.2. The van der Waals surface area contributed by atoms with Crippen molar-refractivity contribution in [2.75, 3.05) is 32.2 Å². The fourth-order valence-electron chi connectivity index (χ4n) is 3.08. The number of methoxy groups -OCH3 is 1. The lowest BCUT2D eigenvalue weighted by molar-refractivity contribution is -0.128. The van der Waals surface area contributed by atoms with Gasteiger partial charge in [-0.2, -0.15) is 0 Å². The third-order valence-corrected chi connectivity index (χ3v) is 4.41. The minimum atomic E-state index is -0.339. The first-order valence-electron chi connectivity index (χ1n) is 9.25. The Morgan fingerprint density at radius 1 is 1.14 bits per heavy atom. The topological polar surface area (TPSA) is 79.9 Å². The molecular weight excluding hydrogens is 358 g/mol. The number of carbonyl (C=O) groups excluding carboxylic acids is 2. The quantitative estimate of drug-likeness (QED) is 0.687. The molecule has 1 atom stereocenters. The van der Waals surface area contributed by atoms with Crippen molar-refractivity contribution < 1.29 is 19.1 Å². The number of hydrogen-bond donors (Lipinski definition) is 2. The number of anilines is 1. The molecule has 1 aliphatic rings. The maximum Gasteiger partial charge on any atom is 0.319 e. The number of hydrogen-bond acceptors (Lipinski definition) is 4. The van der Waals surface area contributed by atoms with Crippen LogP contribution in [0.15, 0.2) is 54.6 Å². The summed E-state index contributed by atoms with van der Waals surface area (Å²) in [7, 11) is 1.61. The van der Waals surface area contributed by atoms with E-state index in [4.69, 9.17) is 9.47 Å². The average molecular weight is 383 g/mol. The minimum absolute atomic E-state index is 0.0442. The Labute approximate surface area is 164 Å². The second-order valence-corrected chi connectivity index (χ2v) is 6.63. The van der Waals surface area contributed by atoms with Crippen LogP contribution >= 0.6 is 0 Å². The molecule has 0 saturated carbocycles. The number of nitrogens with zero attached hydrogens (tertiary/aromatic N) is 1. The zero-order valence-corrected chi connectivity index (χ0v) is 15.9. The van der Waals surface area contributed by atoms with E-state index in [1.54, 1.807) is 30.2 Å². The summed E-state index contributed by atoms with van der Waals surface area (Å²) in [5.74, 6) is 0.697. The van der Waals surface area contributed by atoms with Crippen molar-refractivity contribution in [2.45, 2.75) is 19.0 Å². The number of carbonyl (C=O) groups is 2.